The smallest absolute Gasteiger partial charge is 0.326 e. The molecule has 4 unspecified atom stereocenters. The molecule has 11 N–H and O–H groups in total. The molecule has 0 aliphatic rings. The number of primary amides is 1. The predicted octanol–water partition coefficient (Wildman–Crippen LogP) is -1.12. The number of aliphatic carboxylic acids is 2. The van der Waals surface area contributed by atoms with Gasteiger partial charge in [-0.3, -0.25) is 24.0 Å². The van der Waals surface area contributed by atoms with Crippen LogP contribution in [0, 0.1) is 0 Å². The zero-order chi connectivity index (χ0) is 31.7. The molecule has 0 bridgehead atoms. The standard InChI is InChI=1S/C28H32N6O9/c29-18(11-24(37)38)25(39)32-20(9-14-5-7-16(35)8-6-14)26(40)33-21(12-23(30)36)27(41)34-22(28(42)43)10-15-13-31-19-4-2-1-3-17(15)19/h1-8,13,18,20-22,31,35H,9-12,29H2,(H2,30,36)(H,32,39)(H,33,40)(H,34,41)(H,37,38)(H,42,43). The van der Waals surface area contributed by atoms with Crippen molar-refractivity contribution in [3.05, 3.63) is 65.9 Å². The number of aromatic amines is 1. The van der Waals surface area contributed by atoms with Gasteiger partial charge in [-0.05, 0) is 29.3 Å². The van der Waals surface area contributed by atoms with Crippen LogP contribution in [0.25, 0.3) is 10.9 Å². The normalized spacial score (nSPS) is 13.7. The minimum atomic E-state index is -1.62. The third-order valence-corrected chi connectivity index (χ3v) is 6.49. The summed E-state index contributed by atoms with van der Waals surface area (Å²) >= 11 is 0. The molecule has 3 rings (SSSR count). The van der Waals surface area contributed by atoms with Crippen LogP contribution in [0.1, 0.15) is 24.0 Å². The second-order valence-corrected chi connectivity index (χ2v) is 9.83. The Bertz CT molecular complexity index is 1500. The number of hydrogen-bond acceptors (Lipinski definition) is 8. The lowest BCUT2D eigenvalue weighted by molar-refractivity contribution is -0.142. The number of aromatic hydroxyl groups is 1. The molecule has 15 heteroatoms. The first kappa shape index (κ1) is 32.1. The fraction of sp³-hybridized carbons (Fsp3) is 0.286. The zero-order valence-corrected chi connectivity index (χ0v) is 22.8. The van der Waals surface area contributed by atoms with Gasteiger partial charge >= 0.3 is 11.9 Å². The van der Waals surface area contributed by atoms with Crippen molar-refractivity contribution in [1.82, 2.24) is 20.9 Å². The maximum atomic E-state index is 13.3. The molecule has 1 aromatic heterocycles. The molecule has 228 valence electrons. The molecule has 15 nitrogen and oxygen atoms in total. The van der Waals surface area contributed by atoms with E-state index in [0.717, 1.165) is 10.9 Å². The van der Waals surface area contributed by atoms with Crippen LogP contribution in [-0.4, -0.2) is 80.0 Å². The van der Waals surface area contributed by atoms with Crippen molar-refractivity contribution in [1.29, 1.82) is 0 Å². The summed E-state index contributed by atoms with van der Waals surface area (Å²) in [5, 5.41) is 36.1. The first-order valence-corrected chi connectivity index (χ1v) is 13.1. The molecule has 0 spiro atoms. The third kappa shape index (κ3) is 9.29. The summed E-state index contributed by atoms with van der Waals surface area (Å²) in [6, 6.07) is 6.78. The van der Waals surface area contributed by atoms with E-state index in [1.54, 1.807) is 30.5 Å². The molecule has 0 saturated carbocycles. The topological polar surface area (TPSA) is 267 Å². The largest absolute Gasteiger partial charge is 0.508 e. The summed E-state index contributed by atoms with van der Waals surface area (Å²) in [4.78, 5) is 76.9. The molecular weight excluding hydrogens is 564 g/mol. The lowest BCUT2D eigenvalue weighted by Crippen LogP contribution is -2.58. The number of nitrogens with two attached hydrogens (primary N) is 2. The van der Waals surface area contributed by atoms with Gasteiger partial charge in [0.1, 0.15) is 23.9 Å². The first-order chi connectivity index (χ1) is 20.3. The number of carbonyl (C=O) groups is 6. The number of nitrogens with one attached hydrogen (secondary N) is 4. The molecule has 43 heavy (non-hydrogen) atoms. The Kier molecular flexibility index (Phi) is 10.8. The number of fused-ring (bicyclic) bond motifs is 1. The van der Waals surface area contributed by atoms with E-state index in [-0.39, 0.29) is 18.6 Å². The molecule has 0 saturated heterocycles. The van der Waals surface area contributed by atoms with Gasteiger partial charge in [0, 0.05) is 29.9 Å². The Hall–Kier alpha value is -5.44. The fourth-order valence-corrected chi connectivity index (χ4v) is 4.31. The van der Waals surface area contributed by atoms with Gasteiger partial charge in [-0.1, -0.05) is 30.3 Å². The Morgan fingerprint density at radius 1 is 0.767 bits per heavy atom. The van der Waals surface area contributed by atoms with Gasteiger partial charge < -0.3 is 47.7 Å². The third-order valence-electron chi connectivity index (χ3n) is 6.49. The van der Waals surface area contributed by atoms with Gasteiger partial charge in [-0.2, -0.15) is 0 Å². The van der Waals surface area contributed by atoms with Crippen molar-refractivity contribution in [3.8, 4) is 5.75 Å². The van der Waals surface area contributed by atoms with E-state index in [4.69, 9.17) is 16.6 Å². The van der Waals surface area contributed by atoms with E-state index in [0.29, 0.717) is 11.1 Å². The Morgan fingerprint density at radius 3 is 2.00 bits per heavy atom. The highest BCUT2D eigenvalue weighted by molar-refractivity contribution is 5.96. The number of phenolic OH excluding ortho intramolecular Hbond substituents is 1. The Balaban J connectivity index is 1.80. The molecule has 0 fully saturated rings. The second-order valence-electron chi connectivity index (χ2n) is 9.83. The van der Waals surface area contributed by atoms with E-state index in [1.165, 1.54) is 24.3 Å². The van der Waals surface area contributed by atoms with Gasteiger partial charge in [0.25, 0.3) is 0 Å². The molecule has 4 amide bonds. The molecule has 0 aliphatic heterocycles. The monoisotopic (exact) mass is 596 g/mol. The molecule has 0 aliphatic carbocycles. The number of carboxylic acids is 2. The number of hydrogen-bond donors (Lipinski definition) is 9. The molecular formula is C28H32N6O9. The van der Waals surface area contributed by atoms with E-state index in [1.807, 2.05) is 0 Å². The maximum Gasteiger partial charge on any atom is 0.326 e. The van der Waals surface area contributed by atoms with Crippen molar-refractivity contribution in [2.75, 3.05) is 0 Å². The van der Waals surface area contributed by atoms with Crippen molar-refractivity contribution < 1.29 is 44.1 Å². The van der Waals surface area contributed by atoms with Gasteiger partial charge in [-0.25, -0.2) is 4.79 Å². The number of carboxylic acid groups (broad SMARTS) is 2. The van der Waals surface area contributed by atoms with Crippen molar-refractivity contribution in [2.24, 2.45) is 11.5 Å². The van der Waals surface area contributed by atoms with Crippen LogP contribution in [0.4, 0.5) is 0 Å². The summed E-state index contributed by atoms with van der Waals surface area (Å²) in [5.41, 5.74) is 12.8. The first-order valence-electron chi connectivity index (χ1n) is 13.1. The highest BCUT2D eigenvalue weighted by atomic mass is 16.4. The number of amides is 4. The van der Waals surface area contributed by atoms with E-state index >= 15 is 0 Å². The van der Waals surface area contributed by atoms with Crippen molar-refractivity contribution in [3.63, 3.8) is 0 Å². The minimum Gasteiger partial charge on any atom is -0.508 e. The summed E-state index contributed by atoms with van der Waals surface area (Å²) in [6.07, 6.45) is -0.111. The van der Waals surface area contributed by atoms with Crippen LogP contribution >= 0.6 is 0 Å². The number of para-hydroxylation sites is 1. The van der Waals surface area contributed by atoms with Crippen LogP contribution in [0.3, 0.4) is 0 Å². The zero-order valence-electron chi connectivity index (χ0n) is 22.8. The second kappa shape index (κ2) is 14.5. The SMILES string of the molecule is NC(=O)CC(NC(=O)C(Cc1ccc(O)cc1)NC(=O)C(N)CC(=O)O)C(=O)NC(Cc1c[nH]c2ccccc12)C(=O)O. The molecule has 0 radical (unpaired) electrons. The summed E-state index contributed by atoms with van der Waals surface area (Å²) in [6.45, 7) is 0. The average Bonchev–Trinajstić information content (AvgIpc) is 3.35. The number of H-pyrrole nitrogens is 1. The van der Waals surface area contributed by atoms with Gasteiger partial charge in [0.2, 0.25) is 23.6 Å². The molecule has 1 heterocycles. The van der Waals surface area contributed by atoms with E-state index < -0.39 is 72.6 Å². The lowest BCUT2D eigenvalue weighted by Gasteiger charge is -2.25. The summed E-state index contributed by atoms with van der Waals surface area (Å²) in [7, 11) is 0. The highest BCUT2D eigenvalue weighted by Gasteiger charge is 2.32. The summed E-state index contributed by atoms with van der Waals surface area (Å²) in [5.74, 6) is -6.70. The van der Waals surface area contributed by atoms with Crippen molar-refractivity contribution >= 4 is 46.5 Å². The fourth-order valence-electron chi connectivity index (χ4n) is 4.31. The number of rotatable bonds is 15. The summed E-state index contributed by atoms with van der Waals surface area (Å²) < 4.78 is 0. The number of carbonyl (C=O) groups excluding carboxylic acids is 4. The average molecular weight is 597 g/mol. The Morgan fingerprint density at radius 2 is 1.37 bits per heavy atom. The van der Waals surface area contributed by atoms with Crippen molar-refractivity contribution in [2.45, 2.75) is 49.9 Å². The number of benzene rings is 2. The molecule has 2 aromatic carbocycles. The van der Waals surface area contributed by atoms with Crippen LogP contribution < -0.4 is 27.4 Å². The Labute approximate surface area is 244 Å². The quantitative estimate of drug-likeness (QED) is 0.102. The van der Waals surface area contributed by atoms with Crippen LogP contribution in [0.2, 0.25) is 0 Å². The molecule has 4 atom stereocenters. The van der Waals surface area contributed by atoms with E-state index in [2.05, 4.69) is 20.9 Å². The number of phenols is 1. The van der Waals surface area contributed by atoms with Gasteiger partial charge in [-0.15, -0.1) is 0 Å². The molecule has 3 aromatic rings. The van der Waals surface area contributed by atoms with Crippen LogP contribution in [0.5, 0.6) is 5.75 Å². The van der Waals surface area contributed by atoms with Gasteiger partial charge in [0.15, 0.2) is 0 Å². The maximum absolute atomic E-state index is 13.3. The van der Waals surface area contributed by atoms with Crippen LogP contribution in [0.15, 0.2) is 54.7 Å². The van der Waals surface area contributed by atoms with Gasteiger partial charge in [0.05, 0.1) is 18.9 Å². The van der Waals surface area contributed by atoms with E-state index in [9.17, 15) is 39.0 Å². The highest BCUT2D eigenvalue weighted by Crippen LogP contribution is 2.19. The predicted molar refractivity (Wildman–Crippen MR) is 151 cm³/mol. The minimum absolute atomic E-state index is 0.0592. The number of aromatic nitrogens is 1. The van der Waals surface area contributed by atoms with Crippen LogP contribution in [-0.2, 0) is 41.6 Å². The lowest BCUT2D eigenvalue weighted by atomic mass is 10.0.